The summed E-state index contributed by atoms with van der Waals surface area (Å²) in [6, 6.07) is 15.0. The van der Waals surface area contributed by atoms with Crippen LogP contribution in [-0.2, 0) is 0 Å². The summed E-state index contributed by atoms with van der Waals surface area (Å²) in [7, 11) is 0. The molecule has 0 aliphatic carbocycles. The second-order valence-electron chi connectivity index (χ2n) is 5.08. The van der Waals surface area contributed by atoms with Crippen molar-refractivity contribution in [1.29, 1.82) is 0 Å². The van der Waals surface area contributed by atoms with Crippen LogP contribution in [-0.4, -0.2) is 20.8 Å². The van der Waals surface area contributed by atoms with Crippen molar-refractivity contribution in [3.63, 3.8) is 0 Å². The number of rotatable bonds is 3. The smallest absolute Gasteiger partial charge is 0.302 e. The Morgan fingerprint density at radius 2 is 1.71 bits per heavy atom. The SMILES string of the molecule is Cc1[nH]n(C(=O)c2ccccc2O)c(=O)c1N=Nc1ccccc1. The van der Waals surface area contributed by atoms with Gasteiger partial charge in [0.25, 0.3) is 5.91 Å². The van der Waals surface area contributed by atoms with E-state index in [0.717, 1.165) is 4.68 Å². The minimum Gasteiger partial charge on any atom is -0.507 e. The van der Waals surface area contributed by atoms with Crippen molar-refractivity contribution < 1.29 is 9.90 Å². The normalized spacial score (nSPS) is 11.0. The molecule has 0 radical (unpaired) electrons. The van der Waals surface area contributed by atoms with E-state index in [1.54, 1.807) is 43.3 Å². The van der Waals surface area contributed by atoms with Gasteiger partial charge in [0, 0.05) is 0 Å². The molecule has 0 saturated carbocycles. The molecule has 0 atom stereocenters. The number of H-pyrrole nitrogens is 1. The molecule has 1 heterocycles. The molecule has 2 N–H and O–H groups in total. The number of carbonyl (C=O) groups excluding carboxylic acids is 1. The van der Waals surface area contributed by atoms with Crippen LogP contribution in [0.5, 0.6) is 5.75 Å². The molecule has 1 aromatic heterocycles. The van der Waals surface area contributed by atoms with E-state index in [-0.39, 0.29) is 17.0 Å². The van der Waals surface area contributed by atoms with Gasteiger partial charge in [0.15, 0.2) is 5.69 Å². The lowest BCUT2D eigenvalue weighted by Crippen LogP contribution is -2.25. The zero-order chi connectivity index (χ0) is 17.1. The van der Waals surface area contributed by atoms with Crippen LogP contribution in [0.4, 0.5) is 11.4 Å². The van der Waals surface area contributed by atoms with Crippen molar-refractivity contribution in [1.82, 2.24) is 9.78 Å². The topological polar surface area (TPSA) is 99.8 Å². The predicted octanol–water partition coefficient (Wildman–Crippen LogP) is 3.29. The Hall–Kier alpha value is -3.48. The van der Waals surface area contributed by atoms with Crippen molar-refractivity contribution in [3.8, 4) is 5.75 Å². The molecule has 0 aliphatic heterocycles. The Morgan fingerprint density at radius 3 is 2.42 bits per heavy atom. The summed E-state index contributed by atoms with van der Waals surface area (Å²) >= 11 is 0. The standard InChI is InChI=1S/C17H14N4O3/c1-11-15(19-18-12-7-3-2-4-8-12)17(24)21(20-11)16(23)13-9-5-6-10-14(13)22/h2-10,20,22H,1H3. The lowest BCUT2D eigenvalue weighted by Gasteiger charge is -2.02. The van der Waals surface area contributed by atoms with Gasteiger partial charge in [-0.1, -0.05) is 30.3 Å². The molecule has 3 aromatic rings. The molecule has 2 aromatic carbocycles. The van der Waals surface area contributed by atoms with Crippen LogP contribution in [0.1, 0.15) is 16.1 Å². The Bertz CT molecular complexity index is 971. The number of carbonyl (C=O) groups is 1. The molecular weight excluding hydrogens is 308 g/mol. The first kappa shape index (κ1) is 15.4. The fourth-order valence-corrected chi connectivity index (χ4v) is 2.18. The molecular formula is C17H14N4O3. The van der Waals surface area contributed by atoms with Crippen LogP contribution in [0.15, 0.2) is 69.6 Å². The number of nitrogens with one attached hydrogen (secondary N) is 1. The van der Waals surface area contributed by atoms with E-state index in [2.05, 4.69) is 15.3 Å². The van der Waals surface area contributed by atoms with E-state index in [1.165, 1.54) is 12.1 Å². The largest absolute Gasteiger partial charge is 0.507 e. The molecule has 0 aliphatic rings. The molecule has 7 heteroatoms. The number of nitrogens with zero attached hydrogens (tertiary/aromatic N) is 3. The number of aromatic nitrogens is 2. The third-order valence-corrected chi connectivity index (χ3v) is 3.40. The maximum Gasteiger partial charge on any atom is 0.302 e. The van der Waals surface area contributed by atoms with Gasteiger partial charge in [0.2, 0.25) is 0 Å². The maximum atomic E-state index is 12.4. The van der Waals surface area contributed by atoms with Crippen LogP contribution in [0, 0.1) is 6.92 Å². The quantitative estimate of drug-likeness (QED) is 0.724. The average molecular weight is 322 g/mol. The summed E-state index contributed by atoms with van der Waals surface area (Å²) in [6.45, 7) is 1.62. The molecule has 0 spiro atoms. The number of aryl methyl sites for hydroxylation is 1. The summed E-state index contributed by atoms with van der Waals surface area (Å²) in [5.74, 6) is -0.864. The molecule has 120 valence electrons. The zero-order valence-electron chi connectivity index (χ0n) is 12.8. The Balaban J connectivity index is 1.98. The molecule has 0 amide bonds. The highest BCUT2D eigenvalue weighted by Gasteiger charge is 2.19. The van der Waals surface area contributed by atoms with Gasteiger partial charge in [-0.05, 0) is 31.2 Å². The molecule has 24 heavy (non-hydrogen) atoms. The number of para-hydroxylation sites is 1. The summed E-state index contributed by atoms with van der Waals surface area (Å²) in [5, 5.41) is 20.4. The number of phenolic OH excluding ortho intramolecular Hbond substituents is 1. The van der Waals surface area contributed by atoms with E-state index in [4.69, 9.17) is 0 Å². The number of hydrogen-bond donors (Lipinski definition) is 2. The summed E-state index contributed by atoms with van der Waals surface area (Å²) < 4.78 is 0.809. The van der Waals surface area contributed by atoms with Crippen molar-refractivity contribution in [2.75, 3.05) is 0 Å². The Kier molecular flexibility index (Phi) is 4.07. The van der Waals surface area contributed by atoms with E-state index < -0.39 is 11.5 Å². The van der Waals surface area contributed by atoms with Crippen LogP contribution >= 0.6 is 0 Å². The van der Waals surface area contributed by atoms with E-state index in [1.807, 2.05) is 6.07 Å². The first-order valence-corrected chi connectivity index (χ1v) is 7.19. The second-order valence-corrected chi connectivity index (χ2v) is 5.08. The Labute approximate surface area is 136 Å². The fourth-order valence-electron chi connectivity index (χ4n) is 2.18. The van der Waals surface area contributed by atoms with E-state index >= 15 is 0 Å². The molecule has 0 unspecified atom stereocenters. The van der Waals surface area contributed by atoms with Crippen molar-refractivity contribution in [3.05, 3.63) is 76.2 Å². The lowest BCUT2D eigenvalue weighted by atomic mass is 10.2. The number of azo groups is 1. The molecule has 0 fully saturated rings. The second kappa shape index (κ2) is 6.33. The van der Waals surface area contributed by atoms with Gasteiger partial charge >= 0.3 is 5.56 Å². The number of aromatic amines is 1. The zero-order valence-corrected chi connectivity index (χ0v) is 12.8. The number of aromatic hydroxyl groups is 1. The first-order valence-electron chi connectivity index (χ1n) is 7.19. The average Bonchev–Trinajstić information content (AvgIpc) is 2.88. The lowest BCUT2D eigenvalue weighted by molar-refractivity contribution is 0.0938. The highest BCUT2D eigenvalue weighted by Crippen LogP contribution is 2.19. The van der Waals surface area contributed by atoms with Gasteiger partial charge in [0.1, 0.15) is 5.75 Å². The van der Waals surface area contributed by atoms with E-state index in [9.17, 15) is 14.7 Å². The predicted molar refractivity (Wildman–Crippen MR) is 88.2 cm³/mol. The minimum absolute atomic E-state index is 0.0207. The van der Waals surface area contributed by atoms with Gasteiger partial charge in [-0.2, -0.15) is 9.80 Å². The monoisotopic (exact) mass is 322 g/mol. The van der Waals surface area contributed by atoms with Crippen molar-refractivity contribution in [2.45, 2.75) is 6.92 Å². The van der Waals surface area contributed by atoms with Crippen LogP contribution in [0.2, 0.25) is 0 Å². The van der Waals surface area contributed by atoms with Crippen LogP contribution in [0.3, 0.4) is 0 Å². The van der Waals surface area contributed by atoms with Crippen LogP contribution in [0.25, 0.3) is 0 Å². The van der Waals surface area contributed by atoms with Gasteiger partial charge in [-0.15, -0.1) is 5.11 Å². The van der Waals surface area contributed by atoms with Gasteiger partial charge in [-0.25, -0.2) is 0 Å². The highest BCUT2D eigenvalue weighted by molar-refractivity contribution is 5.98. The Morgan fingerprint density at radius 1 is 1.04 bits per heavy atom. The van der Waals surface area contributed by atoms with Gasteiger partial charge < -0.3 is 5.11 Å². The van der Waals surface area contributed by atoms with Crippen molar-refractivity contribution >= 4 is 17.3 Å². The maximum absolute atomic E-state index is 12.4. The van der Waals surface area contributed by atoms with E-state index in [0.29, 0.717) is 11.4 Å². The van der Waals surface area contributed by atoms with Gasteiger partial charge in [0.05, 0.1) is 16.9 Å². The molecule has 0 saturated heterocycles. The van der Waals surface area contributed by atoms with Crippen LogP contribution < -0.4 is 5.56 Å². The third kappa shape index (κ3) is 2.87. The molecule has 7 nitrogen and oxygen atoms in total. The number of hydrogen-bond acceptors (Lipinski definition) is 5. The molecule has 3 rings (SSSR count). The first-order chi connectivity index (χ1) is 11.6. The third-order valence-electron chi connectivity index (χ3n) is 3.40. The summed E-state index contributed by atoms with van der Waals surface area (Å²) in [4.78, 5) is 24.8. The number of phenols is 1. The summed E-state index contributed by atoms with van der Waals surface area (Å²) in [6.07, 6.45) is 0. The van der Waals surface area contributed by atoms with Crippen molar-refractivity contribution in [2.24, 2.45) is 10.2 Å². The summed E-state index contributed by atoms with van der Waals surface area (Å²) in [5.41, 5.74) is 0.440. The number of benzene rings is 2. The highest BCUT2D eigenvalue weighted by atomic mass is 16.3. The fraction of sp³-hybridized carbons (Fsp3) is 0.0588. The van der Waals surface area contributed by atoms with Gasteiger partial charge in [-0.3, -0.25) is 14.7 Å². The minimum atomic E-state index is -0.664. The molecule has 0 bridgehead atoms.